The third-order valence-corrected chi connectivity index (χ3v) is 6.46. The Kier molecular flexibility index (Phi) is 3.49. The van der Waals surface area contributed by atoms with Crippen LogP contribution in [0.15, 0.2) is 12.3 Å². The summed E-state index contributed by atoms with van der Waals surface area (Å²) in [4.78, 5) is 19.8. The van der Waals surface area contributed by atoms with Gasteiger partial charge in [-0.1, -0.05) is 0 Å². The third-order valence-electron chi connectivity index (χ3n) is 5.42. The van der Waals surface area contributed by atoms with Gasteiger partial charge in [-0.15, -0.1) is 11.3 Å². The van der Waals surface area contributed by atoms with Gasteiger partial charge in [-0.05, 0) is 33.3 Å². The number of fused-ring (bicyclic) bond motifs is 1. The van der Waals surface area contributed by atoms with Crippen molar-refractivity contribution >= 4 is 22.5 Å². The standard InChI is InChI=1S/C19H21N7S/c1-9-17-19(25(4)10(2)22-17)23-18(21-9)15-7-14(24-26(15)5)12-6-13(12)16-8-20-11(3)27-16/h7-8,12-13H,6H2,1-5H3/t12-,13-/m0/s1. The van der Waals surface area contributed by atoms with Crippen LogP contribution in [0.3, 0.4) is 0 Å². The predicted octanol–water partition coefficient (Wildman–Crippen LogP) is 3.42. The lowest BCUT2D eigenvalue weighted by Crippen LogP contribution is -2.01. The average Bonchev–Trinajstić information content (AvgIpc) is 3.01. The number of hydrogen-bond acceptors (Lipinski definition) is 6. The third kappa shape index (κ3) is 2.58. The van der Waals surface area contributed by atoms with Crippen LogP contribution in [0.1, 0.15) is 45.4 Å². The Labute approximate surface area is 161 Å². The van der Waals surface area contributed by atoms with Gasteiger partial charge in [0.05, 0.1) is 16.4 Å². The molecule has 8 heteroatoms. The van der Waals surface area contributed by atoms with Crippen LogP contribution in [-0.4, -0.2) is 34.3 Å². The van der Waals surface area contributed by atoms with E-state index in [1.54, 1.807) is 11.3 Å². The molecule has 4 aromatic heterocycles. The zero-order valence-electron chi connectivity index (χ0n) is 16.1. The molecule has 0 unspecified atom stereocenters. The van der Waals surface area contributed by atoms with Gasteiger partial charge >= 0.3 is 0 Å². The molecule has 1 aliphatic carbocycles. The van der Waals surface area contributed by atoms with Gasteiger partial charge in [-0.25, -0.2) is 19.9 Å². The van der Waals surface area contributed by atoms with Crippen molar-refractivity contribution < 1.29 is 0 Å². The van der Waals surface area contributed by atoms with Crippen LogP contribution >= 0.6 is 11.3 Å². The Hall–Kier alpha value is -2.61. The van der Waals surface area contributed by atoms with Crippen molar-refractivity contribution in [1.82, 2.24) is 34.3 Å². The quantitative estimate of drug-likeness (QED) is 0.545. The monoisotopic (exact) mass is 379 g/mol. The molecule has 1 saturated carbocycles. The first kappa shape index (κ1) is 16.6. The van der Waals surface area contributed by atoms with Crippen molar-refractivity contribution in [2.24, 2.45) is 14.1 Å². The molecule has 1 fully saturated rings. The molecule has 2 atom stereocenters. The molecule has 0 aromatic carbocycles. The van der Waals surface area contributed by atoms with E-state index >= 15 is 0 Å². The molecule has 0 N–H and O–H groups in total. The van der Waals surface area contributed by atoms with E-state index in [1.807, 2.05) is 43.4 Å². The smallest absolute Gasteiger partial charge is 0.180 e. The van der Waals surface area contributed by atoms with E-state index in [0.29, 0.717) is 17.7 Å². The van der Waals surface area contributed by atoms with Crippen LogP contribution in [-0.2, 0) is 14.1 Å². The Bertz CT molecular complexity index is 1180. The van der Waals surface area contributed by atoms with Crippen molar-refractivity contribution in [3.63, 3.8) is 0 Å². The number of thiazole rings is 1. The number of aryl methyl sites for hydroxylation is 5. The fourth-order valence-corrected chi connectivity index (χ4v) is 4.65. The van der Waals surface area contributed by atoms with Crippen molar-refractivity contribution in [1.29, 1.82) is 0 Å². The van der Waals surface area contributed by atoms with Gasteiger partial charge in [0.1, 0.15) is 17.0 Å². The van der Waals surface area contributed by atoms with Crippen molar-refractivity contribution in [3.05, 3.63) is 39.4 Å². The minimum absolute atomic E-state index is 0.466. The lowest BCUT2D eigenvalue weighted by Gasteiger charge is -2.03. The van der Waals surface area contributed by atoms with E-state index in [1.165, 1.54) is 4.88 Å². The minimum Gasteiger partial charge on any atom is -0.316 e. The maximum Gasteiger partial charge on any atom is 0.180 e. The summed E-state index contributed by atoms with van der Waals surface area (Å²) in [5, 5.41) is 5.89. The summed E-state index contributed by atoms with van der Waals surface area (Å²) >= 11 is 1.79. The largest absolute Gasteiger partial charge is 0.316 e. The number of nitrogens with zero attached hydrogens (tertiary/aromatic N) is 7. The first-order chi connectivity index (χ1) is 12.9. The van der Waals surface area contributed by atoms with E-state index in [-0.39, 0.29) is 0 Å². The Morgan fingerprint density at radius 3 is 2.63 bits per heavy atom. The molecule has 138 valence electrons. The first-order valence-electron chi connectivity index (χ1n) is 9.06. The first-order valence-corrected chi connectivity index (χ1v) is 9.88. The van der Waals surface area contributed by atoms with Gasteiger partial charge < -0.3 is 4.57 Å². The zero-order chi connectivity index (χ0) is 18.9. The van der Waals surface area contributed by atoms with E-state index in [0.717, 1.165) is 45.5 Å². The Morgan fingerprint density at radius 2 is 1.89 bits per heavy atom. The summed E-state index contributed by atoms with van der Waals surface area (Å²) in [6.07, 6.45) is 3.15. The molecule has 0 aliphatic heterocycles. The van der Waals surface area contributed by atoms with Crippen LogP contribution < -0.4 is 0 Å². The molecule has 27 heavy (non-hydrogen) atoms. The average molecular weight is 379 g/mol. The number of aromatic nitrogens is 7. The highest BCUT2D eigenvalue weighted by molar-refractivity contribution is 7.11. The van der Waals surface area contributed by atoms with E-state index in [2.05, 4.69) is 23.0 Å². The van der Waals surface area contributed by atoms with Gasteiger partial charge in [0.2, 0.25) is 0 Å². The highest BCUT2D eigenvalue weighted by Crippen LogP contribution is 2.55. The van der Waals surface area contributed by atoms with Crippen LogP contribution in [0.25, 0.3) is 22.7 Å². The minimum atomic E-state index is 0.466. The molecule has 5 rings (SSSR count). The predicted molar refractivity (Wildman–Crippen MR) is 105 cm³/mol. The molecular weight excluding hydrogens is 358 g/mol. The van der Waals surface area contributed by atoms with Gasteiger partial charge in [-0.2, -0.15) is 5.10 Å². The highest BCUT2D eigenvalue weighted by Gasteiger charge is 2.42. The number of imidazole rings is 1. The molecule has 4 aromatic rings. The summed E-state index contributed by atoms with van der Waals surface area (Å²) in [5.41, 5.74) is 4.68. The second-order valence-electron chi connectivity index (χ2n) is 7.33. The van der Waals surface area contributed by atoms with Crippen LogP contribution in [0.4, 0.5) is 0 Å². The van der Waals surface area contributed by atoms with Crippen molar-refractivity contribution in [3.8, 4) is 11.5 Å². The number of hydrogen-bond donors (Lipinski definition) is 0. The Balaban J connectivity index is 1.52. The molecule has 4 heterocycles. The topological polar surface area (TPSA) is 74.3 Å². The maximum atomic E-state index is 4.78. The second-order valence-corrected chi connectivity index (χ2v) is 8.60. The van der Waals surface area contributed by atoms with Gasteiger partial charge in [-0.3, -0.25) is 4.68 Å². The fraction of sp³-hybridized carbons (Fsp3) is 0.421. The lowest BCUT2D eigenvalue weighted by molar-refractivity contribution is 0.743. The summed E-state index contributed by atoms with van der Waals surface area (Å²) < 4.78 is 3.90. The zero-order valence-corrected chi connectivity index (χ0v) is 16.9. The SMILES string of the molecule is Cc1ncc([C@H]2C[C@@H]2c2cc(-c3nc(C)c4nc(C)n(C)c4n3)n(C)n2)s1. The molecular formula is C19H21N7S. The van der Waals surface area contributed by atoms with E-state index in [4.69, 9.17) is 15.1 Å². The molecule has 1 aliphatic rings. The Morgan fingerprint density at radius 1 is 1.07 bits per heavy atom. The molecule has 0 bridgehead atoms. The summed E-state index contributed by atoms with van der Waals surface area (Å²) in [6.45, 7) is 6.03. The van der Waals surface area contributed by atoms with Crippen LogP contribution in [0, 0.1) is 20.8 Å². The van der Waals surface area contributed by atoms with Crippen LogP contribution in [0.2, 0.25) is 0 Å². The highest BCUT2D eigenvalue weighted by atomic mass is 32.1. The number of rotatable bonds is 3. The van der Waals surface area contributed by atoms with E-state index < -0.39 is 0 Å². The molecule has 0 amide bonds. The molecule has 0 radical (unpaired) electrons. The summed E-state index contributed by atoms with van der Waals surface area (Å²) in [7, 11) is 3.95. The summed E-state index contributed by atoms with van der Waals surface area (Å²) in [5.74, 6) is 2.65. The van der Waals surface area contributed by atoms with E-state index in [9.17, 15) is 0 Å². The van der Waals surface area contributed by atoms with Gasteiger partial charge in [0.25, 0.3) is 0 Å². The fourth-order valence-electron chi connectivity index (χ4n) is 3.69. The van der Waals surface area contributed by atoms with Gasteiger partial charge in [0, 0.05) is 37.0 Å². The lowest BCUT2D eigenvalue weighted by atomic mass is 10.2. The van der Waals surface area contributed by atoms with Gasteiger partial charge in [0.15, 0.2) is 11.5 Å². The summed E-state index contributed by atoms with van der Waals surface area (Å²) in [6, 6.07) is 2.14. The van der Waals surface area contributed by atoms with Crippen LogP contribution in [0.5, 0.6) is 0 Å². The van der Waals surface area contributed by atoms with Crippen molar-refractivity contribution in [2.75, 3.05) is 0 Å². The molecule has 7 nitrogen and oxygen atoms in total. The maximum absolute atomic E-state index is 4.78. The second kappa shape index (κ2) is 5.69. The molecule has 0 saturated heterocycles. The normalized spacial score (nSPS) is 19.1. The van der Waals surface area contributed by atoms with Crippen molar-refractivity contribution in [2.45, 2.75) is 39.0 Å². The molecule has 0 spiro atoms.